The molecule has 0 aromatic heterocycles. The summed E-state index contributed by atoms with van der Waals surface area (Å²) in [5, 5.41) is -0.290. The average molecular weight is 530 g/mol. The van der Waals surface area contributed by atoms with Crippen LogP contribution < -0.4 is 0 Å². The van der Waals surface area contributed by atoms with Crippen molar-refractivity contribution in [2.75, 3.05) is 0 Å². The first kappa shape index (κ1) is 25.9. The van der Waals surface area contributed by atoms with Crippen LogP contribution in [0.4, 0.5) is 26.3 Å². The van der Waals surface area contributed by atoms with Gasteiger partial charge in [-0.15, -0.1) is 0 Å². The van der Waals surface area contributed by atoms with Crippen LogP contribution in [0.3, 0.4) is 0 Å². The van der Waals surface area contributed by atoms with Crippen LogP contribution in [0.15, 0.2) is 36.4 Å². The Morgan fingerprint density at radius 3 is 2.06 bits per heavy atom. The number of hydrogen-bond acceptors (Lipinski definition) is 1. The summed E-state index contributed by atoms with van der Waals surface area (Å²) in [6, 6.07) is 6.34. The van der Waals surface area contributed by atoms with Gasteiger partial charge in [-0.3, -0.25) is 4.79 Å². The van der Waals surface area contributed by atoms with Gasteiger partial charge >= 0.3 is 12.4 Å². The number of Topliss-reactive ketones (excluding diaryl/α,β-unsaturated/α-hetero) is 1. The summed E-state index contributed by atoms with van der Waals surface area (Å²) >= 11 is 17.5. The van der Waals surface area contributed by atoms with Crippen LogP contribution in [-0.4, -0.2) is 18.1 Å². The second-order valence-corrected chi connectivity index (χ2v) is 9.32. The molecule has 0 radical (unpaired) electrons. The molecule has 2 aromatic carbocycles. The highest BCUT2D eigenvalue weighted by Crippen LogP contribution is 2.60. The number of hydrogen-bond donors (Lipinski definition) is 0. The van der Waals surface area contributed by atoms with Crippen LogP contribution in [0.1, 0.15) is 52.2 Å². The third-order valence-electron chi connectivity index (χ3n) is 5.70. The molecule has 0 amide bonds. The first-order valence-electron chi connectivity index (χ1n) is 9.74. The van der Waals surface area contributed by atoms with Gasteiger partial charge in [-0.25, -0.2) is 0 Å². The predicted octanol–water partition coefficient (Wildman–Crippen LogP) is 9.23. The molecule has 1 atom stereocenters. The maximum absolute atomic E-state index is 13.7. The number of allylic oxidation sites excluding steroid dienone is 1. The summed E-state index contributed by atoms with van der Waals surface area (Å²) in [6.07, 6.45) is -7.78. The van der Waals surface area contributed by atoms with Gasteiger partial charge in [-0.05, 0) is 48.6 Å². The molecule has 0 N–H and O–H groups in total. The Kier molecular flexibility index (Phi) is 7.19. The number of ketones is 1. The molecule has 1 unspecified atom stereocenters. The SMILES string of the molecule is Cc1cc(/C=C/C(c2cc(Cl)c(Cl)c(Cl)c2)C(F)(F)F)ccc1C(=O)CC1(C(F)(F)F)CC1. The smallest absolute Gasteiger partial charge is 0.294 e. The summed E-state index contributed by atoms with van der Waals surface area (Å²) < 4.78 is 80.5. The molecule has 0 saturated heterocycles. The number of carbonyl (C=O) groups excluding carboxylic acids is 1. The lowest BCUT2D eigenvalue weighted by Gasteiger charge is -2.19. The van der Waals surface area contributed by atoms with Gasteiger partial charge in [0.25, 0.3) is 0 Å². The van der Waals surface area contributed by atoms with Gasteiger partial charge in [-0.1, -0.05) is 65.2 Å². The number of carbonyl (C=O) groups is 1. The van der Waals surface area contributed by atoms with Gasteiger partial charge in [0.05, 0.1) is 26.4 Å². The Hall–Kier alpha value is -1.70. The highest BCUT2D eigenvalue weighted by Gasteiger charge is 2.63. The number of aryl methyl sites for hydroxylation is 1. The highest BCUT2D eigenvalue weighted by atomic mass is 35.5. The lowest BCUT2D eigenvalue weighted by Crippen LogP contribution is -2.27. The quantitative estimate of drug-likeness (QED) is 0.207. The molecule has 0 aliphatic heterocycles. The van der Waals surface area contributed by atoms with Gasteiger partial charge in [0.2, 0.25) is 0 Å². The Morgan fingerprint density at radius 1 is 1.03 bits per heavy atom. The number of halogens is 9. The molecule has 33 heavy (non-hydrogen) atoms. The van der Waals surface area contributed by atoms with Crippen molar-refractivity contribution in [1.29, 1.82) is 0 Å². The van der Waals surface area contributed by atoms with Gasteiger partial charge in [0.1, 0.15) is 0 Å². The molecule has 0 spiro atoms. The standard InChI is InChI=1S/C23H17Cl3F6O/c1-12-8-13(2-4-15(12)19(33)11-21(6-7-21)23(30,31)32)3-5-16(22(27,28)29)14-9-17(24)20(26)18(25)10-14/h2-5,8-10,16H,6-7,11H2,1H3/b5-3+. The van der Waals surface area contributed by atoms with Crippen LogP contribution in [0.2, 0.25) is 15.1 Å². The van der Waals surface area contributed by atoms with Crippen molar-refractivity contribution in [3.63, 3.8) is 0 Å². The normalized spacial score (nSPS) is 16.8. The lowest BCUT2D eigenvalue weighted by molar-refractivity contribution is -0.185. The van der Waals surface area contributed by atoms with E-state index in [-0.39, 0.29) is 39.0 Å². The zero-order chi connectivity index (χ0) is 24.8. The molecule has 1 aliphatic rings. The highest BCUT2D eigenvalue weighted by molar-refractivity contribution is 6.48. The minimum Gasteiger partial charge on any atom is -0.294 e. The van der Waals surface area contributed by atoms with Crippen molar-refractivity contribution < 1.29 is 31.1 Å². The zero-order valence-corrected chi connectivity index (χ0v) is 19.3. The summed E-state index contributed by atoms with van der Waals surface area (Å²) in [5.74, 6) is -2.68. The van der Waals surface area contributed by atoms with Gasteiger partial charge < -0.3 is 0 Å². The maximum Gasteiger partial charge on any atom is 0.399 e. The van der Waals surface area contributed by atoms with Crippen molar-refractivity contribution in [2.45, 2.75) is 44.5 Å². The fourth-order valence-corrected chi connectivity index (χ4v) is 4.20. The monoisotopic (exact) mass is 528 g/mol. The predicted molar refractivity (Wildman–Crippen MR) is 117 cm³/mol. The molecule has 0 bridgehead atoms. The largest absolute Gasteiger partial charge is 0.399 e. The molecule has 3 rings (SSSR count). The molecule has 1 aliphatic carbocycles. The number of benzene rings is 2. The Morgan fingerprint density at radius 2 is 1.61 bits per heavy atom. The molecule has 1 saturated carbocycles. The van der Waals surface area contributed by atoms with E-state index in [9.17, 15) is 31.1 Å². The molecule has 10 heteroatoms. The average Bonchev–Trinajstić information content (AvgIpc) is 3.45. The fourth-order valence-electron chi connectivity index (χ4n) is 3.59. The van der Waals surface area contributed by atoms with Gasteiger partial charge in [0, 0.05) is 12.0 Å². The van der Waals surface area contributed by atoms with Crippen molar-refractivity contribution in [3.05, 3.63) is 73.7 Å². The van der Waals surface area contributed by atoms with Crippen LogP contribution in [0.25, 0.3) is 6.08 Å². The maximum atomic E-state index is 13.7. The fraction of sp³-hybridized carbons (Fsp3) is 0.348. The van der Waals surface area contributed by atoms with Crippen LogP contribution in [0.5, 0.6) is 0 Å². The molecule has 1 fully saturated rings. The Balaban J connectivity index is 1.84. The first-order valence-corrected chi connectivity index (χ1v) is 10.9. The topological polar surface area (TPSA) is 17.1 Å². The van der Waals surface area contributed by atoms with Crippen LogP contribution >= 0.6 is 34.8 Å². The summed E-state index contributed by atoms with van der Waals surface area (Å²) in [4.78, 5) is 12.5. The van der Waals surface area contributed by atoms with E-state index in [0.29, 0.717) is 11.1 Å². The number of rotatable bonds is 6. The van der Waals surface area contributed by atoms with E-state index >= 15 is 0 Å². The van der Waals surface area contributed by atoms with E-state index in [0.717, 1.165) is 18.2 Å². The molecule has 178 valence electrons. The second-order valence-electron chi connectivity index (χ2n) is 8.13. The molecule has 0 heterocycles. The van der Waals surface area contributed by atoms with Crippen molar-refractivity contribution in [1.82, 2.24) is 0 Å². The van der Waals surface area contributed by atoms with E-state index in [1.807, 2.05) is 0 Å². The van der Waals surface area contributed by atoms with E-state index in [1.165, 1.54) is 31.2 Å². The minimum absolute atomic E-state index is 0.0543. The van der Waals surface area contributed by atoms with Crippen LogP contribution in [-0.2, 0) is 0 Å². The van der Waals surface area contributed by atoms with E-state index < -0.39 is 35.9 Å². The third kappa shape index (κ3) is 5.69. The van der Waals surface area contributed by atoms with E-state index in [2.05, 4.69) is 0 Å². The van der Waals surface area contributed by atoms with Gasteiger partial charge in [0.15, 0.2) is 5.78 Å². The van der Waals surface area contributed by atoms with Gasteiger partial charge in [-0.2, -0.15) is 26.3 Å². The summed E-state index contributed by atoms with van der Waals surface area (Å²) in [7, 11) is 0. The molecule has 2 aromatic rings. The molecular weight excluding hydrogens is 513 g/mol. The summed E-state index contributed by atoms with van der Waals surface area (Å²) in [6.45, 7) is 1.53. The lowest BCUT2D eigenvalue weighted by atomic mass is 9.92. The summed E-state index contributed by atoms with van der Waals surface area (Å²) in [5.41, 5.74) is -1.33. The van der Waals surface area contributed by atoms with Crippen LogP contribution in [0, 0.1) is 12.3 Å². The van der Waals surface area contributed by atoms with Crippen molar-refractivity contribution in [2.24, 2.45) is 5.41 Å². The molecule has 1 nitrogen and oxygen atoms in total. The second kappa shape index (κ2) is 9.16. The Bertz CT molecular complexity index is 1080. The molecular formula is C23H17Cl3F6O. The Labute approximate surface area is 201 Å². The first-order chi connectivity index (χ1) is 15.1. The van der Waals surface area contributed by atoms with Crippen molar-refractivity contribution >= 4 is 46.7 Å². The minimum atomic E-state index is -4.65. The van der Waals surface area contributed by atoms with E-state index in [4.69, 9.17) is 34.8 Å². The number of alkyl halides is 6. The zero-order valence-electron chi connectivity index (χ0n) is 17.1. The van der Waals surface area contributed by atoms with E-state index in [1.54, 1.807) is 0 Å². The third-order valence-corrected chi connectivity index (χ3v) is 6.90. The van der Waals surface area contributed by atoms with Crippen molar-refractivity contribution in [3.8, 4) is 0 Å².